The van der Waals surface area contributed by atoms with Crippen molar-refractivity contribution in [3.05, 3.63) is 33.9 Å². The van der Waals surface area contributed by atoms with E-state index < -0.39 is 4.92 Å². The Morgan fingerprint density at radius 1 is 1.50 bits per heavy atom. The second-order valence-corrected chi connectivity index (χ2v) is 7.03. The van der Waals surface area contributed by atoms with E-state index in [9.17, 15) is 10.1 Å². The normalized spacial score (nSPS) is 13.9. The van der Waals surface area contributed by atoms with Crippen LogP contribution < -0.4 is 10.1 Å². The summed E-state index contributed by atoms with van der Waals surface area (Å²) in [6, 6.07) is 5.14. The Morgan fingerprint density at radius 3 is 3.00 bits per heavy atom. The minimum atomic E-state index is -0.407. The number of aromatic nitrogens is 2. The number of hydrogen-bond donors (Lipinski definition) is 1. The van der Waals surface area contributed by atoms with E-state index in [4.69, 9.17) is 4.74 Å². The number of hydrogen-bond acceptors (Lipinski definition) is 8. The molecule has 0 spiro atoms. The summed E-state index contributed by atoms with van der Waals surface area (Å²) in [5, 5.41) is 23.2. The number of ether oxygens (including phenoxy) is 1. The third kappa shape index (κ3) is 3.66. The highest BCUT2D eigenvalue weighted by Crippen LogP contribution is 2.34. The van der Waals surface area contributed by atoms with Gasteiger partial charge in [0.2, 0.25) is 5.13 Å². The van der Waals surface area contributed by atoms with E-state index in [2.05, 4.69) is 15.5 Å². The second kappa shape index (κ2) is 6.49. The molecule has 1 aromatic carbocycles. The van der Waals surface area contributed by atoms with E-state index in [1.807, 2.05) is 0 Å². The van der Waals surface area contributed by atoms with Crippen molar-refractivity contribution in [2.45, 2.75) is 29.0 Å². The Labute approximate surface area is 135 Å². The maximum atomic E-state index is 10.9. The van der Waals surface area contributed by atoms with E-state index in [0.29, 0.717) is 17.5 Å². The maximum absolute atomic E-state index is 10.9. The predicted molar refractivity (Wildman–Crippen MR) is 85.8 cm³/mol. The summed E-state index contributed by atoms with van der Waals surface area (Å²) < 4.78 is 6.08. The number of anilines is 1. The minimum Gasteiger partial charge on any atom is -0.496 e. The third-order valence-corrected chi connectivity index (χ3v) is 5.17. The van der Waals surface area contributed by atoms with Gasteiger partial charge >= 0.3 is 0 Å². The van der Waals surface area contributed by atoms with Gasteiger partial charge in [-0.25, -0.2) is 0 Å². The smallest absolute Gasteiger partial charge is 0.270 e. The highest BCUT2D eigenvalue weighted by Gasteiger charge is 2.22. The van der Waals surface area contributed by atoms with Gasteiger partial charge in [-0.15, -0.1) is 10.2 Å². The molecule has 0 aliphatic heterocycles. The molecule has 0 unspecified atom stereocenters. The molecule has 22 heavy (non-hydrogen) atoms. The molecule has 0 saturated heterocycles. The van der Waals surface area contributed by atoms with Gasteiger partial charge in [0.05, 0.1) is 12.0 Å². The van der Waals surface area contributed by atoms with Crippen LogP contribution in [0.25, 0.3) is 0 Å². The Morgan fingerprint density at radius 2 is 2.32 bits per heavy atom. The molecule has 1 fully saturated rings. The van der Waals surface area contributed by atoms with Crippen molar-refractivity contribution in [1.29, 1.82) is 0 Å². The van der Waals surface area contributed by atoms with Crippen LogP contribution in [0.15, 0.2) is 22.5 Å². The molecule has 1 aromatic heterocycles. The first-order valence-corrected chi connectivity index (χ1v) is 8.50. The molecule has 0 atom stereocenters. The molecule has 0 radical (unpaired) electrons. The van der Waals surface area contributed by atoms with E-state index >= 15 is 0 Å². The number of rotatable bonds is 7. The monoisotopic (exact) mass is 338 g/mol. The summed E-state index contributed by atoms with van der Waals surface area (Å²) in [7, 11) is 1.55. The number of nitro benzene ring substituents is 1. The number of thioether (sulfide) groups is 1. The summed E-state index contributed by atoms with van der Waals surface area (Å²) >= 11 is 2.99. The first kappa shape index (κ1) is 15.0. The molecule has 0 amide bonds. The number of non-ortho nitro benzene ring substituents is 1. The standard InChI is InChI=1S/C13H14N4O3S2/c1-20-11-5-4-10(17(18)19)6-8(11)7-21-13-16-15-12(22-13)14-9-2-3-9/h4-6,9H,2-3,7H2,1H3,(H,14,15). The van der Waals surface area contributed by atoms with Crippen LogP contribution in [0.3, 0.4) is 0 Å². The summed E-state index contributed by atoms with van der Waals surface area (Å²) in [6.45, 7) is 0. The van der Waals surface area contributed by atoms with Gasteiger partial charge in [-0.2, -0.15) is 0 Å². The van der Waals surface area contributed by atoms with Crippen molar-refractivity contribution in [1.82, 2.24) is 10.2 Å². The average molecular weight is 338 g/mol. The van der Waals surface area contributed by atoms with Crippen LogP contribution in [0.5, 0.6) is 5.75 Å². The predicted octanol–water partition coefficient (Wildman–Crippen LogP) is 3.32. The molecule has 3 rings (SSSR count). The first-order valence-electron chi connectivity index (χ1n) is 6.70. The van der Waals surface area contributed by atoms with E-state index in [-0.39, 0.29) is 5.69 Å². The van der Waals surface area contributed by atoms with Crippen LogP contribution >= 0.6 is 23.1 Å². The zero-order chi connectivity index (χ0) is 15.5. The Bertz CT molecular complexity index is 688. The Hall–Kier alpha value is -1.87. The molecule has 2 aromatic rings. The fourth-order valence-corrected chi connectivity index (χ4v) is 3.67. The fraction of sp³-hybridized carbons (Fsp3) is 0.385. The van der Waals surface area contributed by atoms with Gasteiger partial charge in [0.15, 0.2) is 4.34 Å². The van der Waals surface area contributed by atoms with Crippen LogP contribution in [-0.4, -0.2) is 28.3 Å². The van der Waals surface area contributed by atoms with Crippen molar-refractivity contribution in [2.24, 2.45) is 0 Å². The van der Waals surface area contributed by atoms with Crippen molar-refractivity contribution in [2.75, 3.05) is 12.4 Å². The quantitative estimate of drug-likeness (QED) is 0.470. The lowest BCUT2D eigenvalue weighted by atomic mass is 10.2. The topological polar surface area (TPSA) is 90.2 Å². The lowest BCUT2D eigenvalue weighted by Gasteiger charge is -2.06. The molecule has 7 nitrogen and oxygen atoms in total. The maximum Gasteiger partial charge on any atom is 0.270 e. The number of nitrogens with zero attached hydrogens (tertiary/aromatic N) is 3. The third-order valence-electron chi connectivity index (χ3n) is 3.14. The molecule has 0 bridgehead atoms. The van der Waals surface area contributed by atoms with Gasteiger partial charge in [-0.3, -0.25) is 10.1 Å². The van der Waals surface area contributed by atoms with Crippen molar-refractivity contribution in [3.63, 3.8) is 0 Å². The van der Waals surface area contributed by atoms with Gasteiger partial charge in [0, 0.05) is 29.5 Å². The van der Waals surface area contributed by atoms with Gasteiger partial charge in [0.25, 0.3) is 5.69 Å². The average Bonchev–Trinajstić information content (AvgIpc) is 3.21. The summed E-state index contributed by atoms with van der Waals surface area (Å²) in [5.74, 6) is 1.18. The van der Waals surface area contributed by atoms with Crippen LogP contribution in [-0.2, 0) is 5.75 Å². The Kier molecular flexibility index (Phi) is 4.44. The second-order valence-electron chi connectivity index (χ2n) is 4.83. The molecular formula is C13H14N4O3S2. The zero-order valence-electron chi connectivity index (χ0n) is 11.8. The molecular weight excluding hydrogens is 324 g/mol. The molecule has 1 saturated carbocycles. The summed E-state index contributed by atoms with van der Waals surface area (Å²) in [5.41, 5.74) is 0.832. The van der Waals surface area contributed by atoms with Crippen molar-refractivity contribution < 1.29 is 9.66 Å². The minimum absolute atomic E-state index is 0.0600. The van der Waals surface area contributed by atoms with Gasteiger partial charge in [-0.1, -0.05) is 23.1 Å². The molecule has 116 valence electrons. The van der Waals surface area contributed by atoms with Crippen LogP contribution in [0.1, 0.15) is 18.4 Å². The van der Waals surface area contributed by atoms with Gasteiger partial charge in [-0.05, 0) is 18.9 Å². The molecule has 1 aliphatic rings. The van der Waals surface area contributed by atoms with E-state index in [0.717, 1.165) is 15.0 Å². The number of methoxy groups -OCH3 is 1. The number of nitrogens with one attached hydrogen (secondary N) is 1. The zero-order valence-corrected chi connectivity index (χ0v) is 13.4. The highest BCUT2D eigenvalue weighted by molar-refractivity contribution is 8.00. The summed E-state index contributed by atoms with van der Waals surface area (Å²) in [4.78, 5) is 10.5. The van der Waals surface area contributed by atoms with Gasteiger partial charge < -0.3 is 10.1 Å². The van der Waals surface area contributed by atoms with Crippen LogP contribution in [0.4, 0.5) is 10.8 Å². The first-order chi connectivity index (χ1) is 10.7. The van der Waals surface area contributed by atoms with E-state index in [1.54, 1.807) is 13.2 Å². The molecule has 1 heterocycles. The lowest BCUT2D eigenvalue weighted by Crippen LogP contribution is -1.99. The number of nitro groups is 1. The molecule has 1 aliphatic carbocycles. The highest BCUT2D eigenvalue weighted by atomic mass is 32.2. The fourth-order valence-electron chi connectivity index (χ4n) is 1.86. The van der Waals surface area contributed by atoms with Crippen LogP contribution in [0, 0.1) is 10.1 Å². The van der Waals surface area contributed by atoms with Gasteiger partial charge in [0.1, 0.15) is 5.75 Å². The molecule has 1 N–H and O–H groups in total. The van der Waals surface area contributed by atoms with Crippen LogP contribution in [0.2, 0.25) is 0 Å². The molecule has 9 heteroatoms. The largest absolute Gasteiger partial charge is 0.496 e. The summed E-state index contributed by atoms with van der Waals surface area (Å²) in [6.07, 6.45) is 2.37. The van der Waals surface area contributed by atoms with E-state index in [1.165, 1.54) is 48.1 Å². The van der Waals surface area contributed by atoms with Crippen molar-refractivity contribution in [3.8, 4) is 5.75 Å². The lowest BCUT2D eigenvalue weighted by molar-refractivity contribution is -0.384. The van der Waals surface area contributed by atoms with Crippen molar-refractivity contribution >= 4 is 33.9 Å². The number of benzene rings is 1. The Balaban J connectivity index is 1.67. The SMILES string of the molecule is COc1ccc([N+](=O)[O-])cc1CSc1nnc(NC2CC2)s1.